The van der Waals surface area contributed by atoms with Gasteiger partial charge in [0.25, 0.3) is 0 Å². The van der Waals surface area contributed by atoms with Crippen molar-refractivity contribution in [3.05, 3.63) is 17.8 Å². The van der Waals surface area contributed by atoms with Crippen LogP contribution >= 0.6 is 12.6 Å². The Labute approximate surface area is 145 Å². The van der Waals surface area contributed by atoms with Crippen molar-refractivity contribution in [2.45, 2.75) is 57.9 Å². The number of hydrogen-bond acceptors (Lipinski definition) is 6. The summed E-state index contributed by atoms with van der Waals surface area (Å²) < 4.78 is 10.3. The number of nitrogens with zero attached hydrogens (tertiary/aromatic N) is 1. The largest absolute Gasteiger partial charge is 0.464 e. The van der Waals surface area contributed by atoms with E-state index >= 15 is 0 Å². The fraction of sp³-hybridized carbons (Fsp3) is 0.625. The number of methoxy groups -OCH3 is 1. The van der Waals surface area contributed by atoms with E-state index in [-0.39, 0.29) is 16.5 Å². The Kier molecular flexibility index (Phi) is 6.54. The molecule has 1 radical (unpaired) electrons. The Morgan fingerprint density at radius 1 is 1.30 bits per heavy atom. The Balaban J connectivity index is 3.03. The van der Waals surface area contributed by atoms with Gasteiger partial charge in [0, 0.05) is 10.8 Å². The zero-order chi connectivity index (χ0) is 17.8. The van der Waals surface area contributed by atoms with Gasteiger partial charge in [-0.15, -0.1) is 0 Å². The lowest BCUT2D eigenvalue weighted by atomic mass is 9.84. The predicted molar refractivity (Wildman–Crippen MR) is 98.0 cm³/mol. The van der Waals surface area contributed by atoms with Gasteiger partial charge in [0.05, 0.1) is 12.7 Å². The van der Waals surface area contributed by atoms with Gasteiger partial charge in [-0.05, 0) is 53.1 Å². The Morgan fingerprint density at radius 2 is 1.91 bits per heavy atom. The molecule has 0 atom stereocenters. The molecule has 0 aliphatic rings. The lowest BCUT2D eigenvalue weighted by molar-refractivity contribution is 0.0594. The molecule has 0 bridgehead atoms. The summed E-state index contributed by atoms with van der Waals surface area (Å²) in [6.07, 6.45) is 0. The van der Waals surface area contributed by atoms with E-state index < -0.39 is 11.6 Å². The van der Waals surface area contributed by atoms with Crippen molar-refractivity contribution in [2.24, 2.45) is 0 Å². The van der Waals surface area contributed by atoms with E-state index in [0.717, 1.165) is 5.46 Å². The minimum atomic E-state index is -0.480. The van der Waals surface area contributed by atoms with Crippen molar-refractivity contribution < 1.29 is 14.2 Å². The van der Waals surface area contributed by atoms with Gasteiger partial charge in [-0.3, -0.25) is 0 Å². The van der Waals surface area contributed by atoms with Gasteiger partial charge < -0.3 is 14.7 Å². The number of thiol groups is 1. The second-order valence-electron chi connectivity index (χ2n) is 6.73. The molecule has 5 nitrogen and oxygen atoms in total. The normalized spacial score (nSPS) is 12.2. The first kappa shape index (κ1) is 19.8. The molecule has 7 heteroatoms. The second-order valence-corrected chi connectivity index (χ2v) is 7.85. The van der Waals surface area contributed by atoms with Gasteiger partial charge in [-0.25, -0.2) is 9.78 Å². The van der Waals surface area contributed by atoms with Gasteiger partial charge >= 0.3 is 13.5 Å². The Morgan fingerprint density at radius 3 is 2.39 bits per heavy atom. The van der Waals surface area contributed by atoms with E-state index in [1.807, 2.05) is 41.5 Å². The van der Waals surface area contributed by atoms with Gasteiger partial charge in [0.2, 0.25) is 0 Å². The number of aromatic nitrogens is 1. The highest BCUT2D eigenvalue weighted by Gasteiger charge is 2.34. The topological polar surface area (TPSA) is 60.5 Å². The van der Waals surface area contributed by atoms with E-state index in [4.69, 9.17) is 9.39 Å². The molecule has 0 fully saturated rings. The molecule has 0 saturated carbocycles. The van der Waals surface area contributed by atoms with Crippen molar-refractivity contribution in [3.8, 4) is 0 Å². The minimum Gasteiger partial charge on any atom is -0.464 e. The highest BCUT2D eigenvalue weighted by molar-refractivity contribution is 7.81. The number of ether oxygens (including phenoxy) is 1. The summed E-state index contributed by atoms with van der Waals surface area (Å²) in [7, 11) is 2.98. The first-order valence-corrected chi connectivity index (χ1v) is 8.02. The third-order valence-corrected chi connectivity index (χ3v) is 4.24. The number of esters is 1. The number of pyridine rings is 1. The van der Waals surface area contributed by atoms with Crippen molar-refractivity contribution in [1.29, 1.82) is 0 Å². The number of rotatable bonds is 7. The van der Waals surface area contributed by atoms with Crippen LogP contribution in [0.5, 0.6) is 0 Å². The molecule has 1 aromatic rings. The van der Waals surface area contributed by atoms with E-state index in [1.165, 1.54) is 7.11 Å². The SMILES string of the molecule is COC(=O)c1ccc([B]OC(C)(C)C(C)(C)S)c(NC(C)C)n1. The fourth-order valence-electron chi connectivity index (χ4n) is 1.53. The van der Waals surface area contributed by atoms with Crippen LogP contribution in [0.1, 0.15) is 52.0 Å². The maximum absolute atomic E-state index is 11.6. The van der Waals surface area contributed by atoms with Gasteiger partial charge in [-0.1, -0.05) is 6.07 Å². The van der Waals surface area contributed by atoms with Crippen LogP contribution in [0.2, 0.25) is 0 Å². The molecule has 1 rings (SSSR count). The lowest BCUT2D eigenvalue weighted by Gasteiger charge is -2.38. The average Bonchev–Trinajstić information content (AvgIpc) is 2.43. The van der Waals surface area contributed by atoms with Crippen LogP contribution in [-0.4, -0.2) is 41.9 Å². The number of carbonyl (C=O) groups excluding carboxylic acids is 1. The molecule has 0 aromatic carbocycles. The van der Waals surface area contributed by atoms with Crippen LogP contribution in [0.3, 0.4) is 0 Å². The summed E-state index contributed by atoms with van der Waals surface area (Å²) in [5, 5.41) is 3.22. The standard InChI is InChI=1S/C16H26BN2O3S/c1-10(2)18-13-11(8-9-12(19-13)14(20)21-7)17-22-15(3,4)16(5,6)23/h8-10,23H,1-7H3,(H,18,19). The second kappa shape index (κ2) is 7.58. The molecule has 1 aromatic heterocycles. The molecule has 23 heavy (non-hydrogen) atoms. The lowest BCUT2D eigenvalue weighted by Crippen LogP contribution is -2.46. The summed E-state index contributed by atoms with van der Waals surface area (Å²) in [6.45, 7) is 11.9. The van der Waals surface area contributed by atoms with E-state index in [9.17, 15) is 4.79 Å². The van der Waals surface area contributed by atoms with Crippen molar-refractivity contribution >= 4 is 37.4 Å². The minimum absolute atomic E-state index is 0.164. The molecule has 0 saturated heterocycles. The quantitative estimate of drug-likeness (QED) is 0.455. The highest BCUT2D eigenvalue weighted by atomic mass is 32.1. The molecule has 0 aliphatic heterocycles. The Hall–Kier alpha value is -1.21. The van der Waals surface area contributed by atoms with Crippen molar-refractivity contribution in [1.82, 2.24) is 4.98 Å². The molecule has 0 amide bonds. The zero-order valence-electron chi connectivity index (χ0n) is 14.9. The summed E-state index contributed by atoms with van der Waals surface area (Å²) >= 11 is 4.58. The van der Waals surface area contributed by atoms with E-state index in [1.54, 1.807) is 19.6 Å². The predicted octanol–water partition coefficient (Wildman–Crippen LogP) is 2.44. The molecule has 1 heterocycles. The summed E-state index contributed by atoms with van der Waals surface area (Å²) in [4.78, 5) is 16.0. The summed E-state index contributed by atoms with van der Waals surface area (Å²) in [6, 6.07) is 3.56. The first-order chi connectivity index (χ1) is 10.5. The number of carbonyl (C=O) groups is 1. The molecular formula is C16H26BN2O3S. The van der Waals surface area contributed by atoms with Crippen LogP contribution in [0.15, 0.2) is 12.1 Å². The maximum Gasteiger partial charge on any atom is 0.356 e. The number of nitrogens with one attached hydrogen (secondary N) is 1. The Bertz CT molecular complexity index is 557. The summed E-state index contributed by atoms with van der Waals surface area (Å²) in [5.41, 5.74) is 0.533. The van der Waals surface area contributed by atoms with Crippen LogP contribution in [-0.2, 0) is 9.39 Å². The molecule has 0 unspecified atom stereocenters. The molecule has 0 aliphatic carbocycles. The van der Waals surface area contributed by atoms with Gasteiger partial charge in [0.1, 0.15) is 5.82 Å². The molecular weight excluding hydrogens is 311 g/mol. The third kappa shape index (κ3) is 5.43. The van der Waals surface area contributed by atoms with Crippen LogP contribution in [0.4, 0.5) is 5.82 Å². The van der Waals surface area contributed by atoms with Crippen molar-refractivity contribution in [3.63, 3.8) is 0 Å². The first-order valence-electron chi connectivity index (χ1n) is 7.57. The molecule has 0 spiro atoms. The van der Waals surface area contributed by atoms with Crippen LogP contribution in [0.25, 0.3) is 0 Å². The molecule has 127 valence electrons. The monoisotopic (exact) mass is 337 g/mol. The fourth-order valence-corrected chi connectivity index (χ4v) is 1.58. The van der Waals surface area contributed by atoms with Gasteiger partial charge in [0.15, 0.2) is 5.69 Å². The molecule has 1 N–H and O–H groups in total. The number of anilines is 1. The van der Waals surface area contributed by atoms with Crippen molar-refractivity contribution in [2.75, 3.05) is 12.4 Å². The average molecular weight is 337 g/mol. The van der Waals surface area contributed by atoms with Gasteiger partial charge in [-0.2, -0.15) is 12.6 Å². The van der Waals surface area contributed by atoms with E-state index in [0.29, 0.717) is 5.82 Å². The smallest absolute Gasteiger partial charge is 0.356 e. The highest BCUT2D eigenvalue weighted by Crippen LogP contribution is 2.30. The van der Waals surface area contributed by atoms with Crippen LogP contribution in [0, 0.1) is 0 Å². The maximum atomic E-state index is 11.6. The summed E-state index contributed by atoms with van der Waals surface area (Å²) in [5.74, 6) is 0.108. The zero-order valence-corrected chi connectivity index (χ0v) is 15.8. The number of hydrogen-bond donors (Lipinski definition) is 2. The van der Waals surface area contributed by atoms with E-state index in [2.05, 4.69) is 22.9 Å². The third-order valence-electron chi connectivity index (χ3n) is 3.70. The van der Waals surface area contributed by atoms with Crippen LogP contribution < -0.4 is 10.8 Å².